The molecular formula is C15H27N3O. The van der Waals surface area contributed by atoms with Crippen molar-refractivity contribution in [1.29, 1.82) is 0 Å². The van der Waals surface area contributed by atoms with Gasteiger partial charge in [-0.2, -0.15) is 5.10 Å². The van der Waals surface area contributed by atoms with E-state index in [4.69, 9.17) is 4.74 Å². The molecule has 0 saturated carbocycles. The maximum atomic E-state index is 5.75. The van der Waals surface area contributed by atoms with Gasteiger partial charge in [0.1, 0.15) is 0 Å². The van der Waals surface area contributed by atoms with Crippen molar-refractivity contribution in [2.24, 2.45) is 18.4 Å². The maximum Gasteiger partial charge on any atom is 0.0631 e. The first-order chi connectivity index (χ1) is 9.10. The Bertz CT molecular complexity index is 380. The molecule has 0 amide bonds. The van der Waals surface area contributed by atoms with Crippen LogP contribution in [0.5, 0.6) is 0 Å². The summed E-state index contributed by atoms with van der Waals surface area (Å²) in [7, 11) is 1.98. The number of nitrogens with one attached hydrogen (secondary N) is 1. The number of rotatable bonds is 6. The van der Waals surface area contributed by atoms with Crippen LogP contribution in [0.15, 0.2) is 12.3 Å². The van der Waals surface area contributed by atoms with E-state index in [9.17, 15) is 0 Å². The summed E-state index contributed by atoms with van der Waals surface area (Å²) < 4.78 is 7.63. The molecule has 1 aliphatic heterocycles. The van der Waals surface area contributed by atoms with Crippen LogP contribution < -0.4 is 5.32 Å². The molecule has 4 heteroatoms. The van der Waals surface area contributed by atoms with Gasteiger partial charge in [-0.05, 0) is 31.4 Å². The third-order valence-corrected chi connectivity index (χ3v) is 3.78. The smallest absolute Gasteiger partial charge is 0.0631 e. The average molecular weight is 265 g/mol. The van der Waals surface area contributed by atoms with E-state index >= 15 is 0 Å². The van der Waals surface area contributed by atoms with Crippen LogP contribution in [0.2, 0.25) is 0 Å². The number of aromatic nitrogens is 2. The zero-order chi connectivity index (χ0) is 13.7. The first-order valence-electron chi connectivity index (χ1n) is 7.37. The van der Waals surface area contributed by atoms with E-state index in [-0.39, 0.29) is 5.41 Å². The second kappa shape index (κ2) is 6.53. The molecule has 2 rings (SSSR count). The van der Waals surface area contributed by atoms with Crippen molar-refractivity contribution in [1.82, 2.24) is 15.1 Å². The van der Waals surface area contributed by atoms with Gasteiger partial charge in [0.05, 0.1) is 12.3 Å². The highest BCUT2D eigenvalue weighted by molar-refractivity contribution is 5.04. The molecule has 0 bridgehead atoms. The monoisotopic (exact) mass is 265 g/mol. The van der Waals surface area contributed by atoms with Crippen LogP contribution in [0.4, 0.5) is 0 Å². The van der Waals surface area contributed by atoms with Crippen molar-refractivity contribution in [2.45, 2.75) is 33.1 Å². The molecule has 4 nitrogen and oxygen atoms in total. The van der Waals surface area contributed by atoms with E-state index in [0.29, 0.717) is 5.92 Å². The standard InChI is InChI=1S/C15H27N3O/c1-13(2)10-16-11-15(6-4-8-19-12-15)9-14-5-7-18(3)17-14/h5,7,13,16H,4,6,8-12H2,1-3H3. The number of nitrogens with zero attached hydrogens (tertiary/aromatic N) is 2. The number of aryl methyl sites for hydroxylation is 1. The van der Waals surface area contributed by atoms with Gasteiger partial charge in [0.25, 0.3) is 0 Å². The SMILES string of the molecule is CC(C)CNCC1(Cc2ccn(C)n2)CCCOC1. The summed E-state index contributed by atoms with van der Waals surface area (Å²) in [4.78, 5) is 0. The van der Waals surface area contributed by atoms with Crippen LogP contribution in [0, 0.1) is 11.3 Å². The minimum Gasteiger partial charge on any atom is -0.381 e. The van der Waals surface area contributed by atoms with E-state index in [0.717, 1.165) is 39.1 Å². The van der Waals surface area contributed by atoms with Crippen molar-refractivity contribution in [3.8, 4) is 0 Å². The molecule has 0 aromatic carbocycles. The summed E-state index contributed by atoms with van der Waals surface area (Å²) in [5.74, 6) is 0.691. The molecule has 0 aliphatic carbocycles. The summed E-state index contributed by atoms with van der Waals surface area (Å²) in [6.45, 7) is 8.36. The molecule has 1 unspecified atom stereocenters. The third kappa shape index (κ3) is 4.32. The van der Waals surface area contributed by atoms with Gasteiger partial charge >= 0.3 is 0 Å². The number of hydrogen-bond donors (Lipinski definition) is 1. The highest BCUT2D eigenvalue weighted by Crippen LogP contribution is 2.31. The zero-order valence-corrected chi connectivity index (χ0v) is 12.5. The molecule has 1 aliphatic rings. The van der Waals surface area contributed by atoms with Gasteiger partial charge in [0.2, 0.25) is 0 Å². The molecule has 0 radical (unpaired) electrons. The van der Waals surface area contributed by atoms with Gasteiger partial charge in [-0.15, -0.1) is 0 Å². The van der Waals surface area contributed by atoms with Crippen LogP contribution in [0.3, 0.4) is 0 Å². The van der Waals surface area contributed by atoms with E-state index in [1.54, 1.807) is 0 Å². The average Bonchev–Trinajstić information content (AvgIpc) is 2.75. The molecule has 2 heterocycles. The van der Waals surface area contributed by atoms with Gasteiger partial charge < -0.3 is 10.1 Å². The summed E-state index contributed by atoms with van der Waals surface area (Å²) in [5, 5.41) is 8.13. The predicted molar refractivity (Wildman–Crippen MR) is 77.1 cm³/mol. The first-order valence-corrected chi connectivity index (χ1v) is 7.37. The van der Waals surface area contributed by atoms with Crippen LogP contribution in [-0.2, 0) is 18.2 Å². The zero-order valence-electron chi connectivity index (χ0n) is 12.5. The van der Waals surface area contributed by atoms with E-state index in [2.05, 4.69) is 30.3 Å². The van der Waals surface area contributed by atoms with E-state index < -0.39 is 0 Å². The fraction of sp³-hybridized carbons (Fsp3) is 0.800. The summed E-state index contributed by atoms with van der Waals surface area (Å²) in [6, 6.07) is 2.12. The molecule has 1 N–H and O–H groups in total. The fourth-order valence-electron chi connectivity index (χ4n) is 2.82. The van der Waals surface area contributed by atoms with Crippen molar-refractivity contribution in [3.63, 3.8) is 0 Å². The van der Waals surface area contributed by atoms with Crippen molar-refractivity contribution < 1.29 is 4.74 Å². The third-order valence-electron chi connectivity index (χ3n) is 3.78. The lowest BCUT2D eigenvalue weighted by molar-refractivity contribution is -0.00793. The molecule has 0 spiro atoms. The molecule has 19 heavy (non-hydrogen) atoms. The Balaban J connectivity index is 1.97. The highest BCUT2D eigenvalue weighted by Gasteiger charge is 2.33. The van der Waals surface area contributed by atoms with Crippen molar-refractivity contribution in [2.75, 3.05) is 26.3 Å². The van der Waals surface area contributed by atoms with Gasteiger partial charge in [0, 0.05) is 38.2 Å². The van der Waals surface area contributed by atoms with Gasteiger partial charge in [-0.25, -0.2) is 0 Å². The Morgan fingerprint density at radius 3 is 2.95 bits per heavy atom. The molecule has 1 fully saturated rings. The summed E-state index contributed by atoms with van der Waals surface area (Å²) >= 11 is 0. The lowest BCUT2D eigenvalue weighted by Gasteiger charge is -2.37. The normalized spacial score (nSPS) is 24.0. The number of ether oxygens (including phenoxy) is 1. The van der Waals surface area contributed by atoms with Gasteiger partial charge in [-0.1, -0.05) is 13.8 Å². The molecule has 1 saturated heterocycles. The predicted octanol–water partition coefficient (Wildman–Crippen LogP) is 2.00. The minimum absolute atomic E-state index is 0.224. The molecule has 108 valence electrons. The number of hydrogen-bond acceptors (Lipinski definition) is 3. The maximum absolute atomic E-state index is 5.75. The van der Waals surface area contributed by atoms with Crippen molar-refractivity contribution in [3.05, 3.63) is 18.0 Å². The Hall–Kier alpha value is -0.870. The molecular weight excluding hydrogens is 238 g/mol. The molecule has 1 atom stereocenters. The Labute approximate surface area is 116 Å². The Kier molecular flexibility index (Phi) is 4.99. The van der Waals surface area contributed by atoms with Crippen molar-refractivity contribution >= 4 is 0 Å². The van der Waals surface area contributed by atoms with Crippen LogP contribution >= 0.6 is 0 Å². The summed E-state index contributed by atoms with van der Waals surface area (Å²) in [6.07, 6.45) is 5.43. The molecule has 1 aromatic rings. The lowest BCUT2D eigenvalue weighted by atomic mass is 9.78. The first kappa shape index (κ1) is 14.5. The van der Waals surface area contributed by atoms with Crippen LogP contribution in [0.25, 0.3) is 0 Å². The lowest BCUT2D eigenvalue weighted by Crippen LogP contribution is -2.43. The minimum atomic E-state index is 0.224. The van der Waals surface area contributed by atoms with Crippen LogP contribution in [-0.4, -0.2) is 36.1 Å². The van der Waals surface area contributed by atoms with E-state index in [1.807, 2.05) is 17.9 Å². The van der Waals surface area contributed by atoms with Crippen LogP contribution in [0.1, 0.15) is 32.4 Å². The quantitative estimate of drug-likeness (QED) is 0.855. The highest BCUT2D eigenvalue weighted by atomic mass is 16.5. The second-order valence-electron chi connectivity index (χ2n) is 6.34. The van der Waals surface area contributed by atoms with E-state index in [1.165, 1.54) is 12.1 Å². The Morgan fingerprint density at radius 1 is 1.53 bits per heavy atom. The Morgan fingerprint density at radius 2 is 2.37 bits per heavy atom. The fourth-order valence-corrected chi connectivity index (χ4v) is 2.82. The molecule has 1 aromatic heterocycles. The van der Waals surface area contributed by atoms with Gasteiger partial charge in [0.15, 0.2) is 0 Å². The topological polar surface area (TPSA) is 39.1 Å². The van der Waals surface area contributed by atoms with Gasteiger partial charge in [-0.3, -0.25) is 4.68 Å². The second-order valence-corrected chi connectivity index (χ2v) is 6.34. The largest absolute Gasteiger partial charge is 0.381 e. The summed E-state index contributed by atoms with van der Waals surface area (Å²) in [5.41, 5.74) is 1.40.